The monoisotopic (exact) mass is 269 g/mol. The summed E-state index contributed by atoms with van der Waals surface area (Å²) < 4.78 is 38.6. The van der Waals surface area contributed by atoms with Crippen LogP contribution in [0.25, 0.3) is 0 Å². The second-order valence-corrected chi connectivity index (χ2v) is 4.66. The van der Waals surface area contributed by atoms with Crippen molar-refractivity contribution in [2.24, 2.45) is 5.73 Å². The molecule has 0 saturated carbocycles. The van der Waals surface area contributed by atoms with Gasteiger partial charge in [-0.25, -0.2) is 0 Å². The number of nitriles is 1. The van der Waals surface area contributed by atoms with Crippen molar-refractivity contribution in [1.29, 1.82) is 5.26 Å². The Balaban J connectivity index is 2.31. The molecule has 1 aliphatic rings. The van der Waals surface area contributed by atoms with E-state index in [1.165, 1.54) is 6.07 Å². The van der Waals surface area contributed by atoms with Crippen LogP contribution in [-0.4, -0.2) is 19.1 Å². The Morgan fingerprint density at radius 1 is 1.26 bits per heavy atom. The summed E-state index contributed by atoms with van der Waals surface area (Å²) >= 11 is 0. The molecule has 1 saturated heterocycles. The topological polar surface area (TPSA) is 53.0 Å². The van der Waals surface area contributed by atoms with Gasteiger partial charge >= 0.3 is 6.18 Å². The lowest BCUT2D eigenvalue weighted by atomic mass is 10.0. The SMILES string of the molecule is N#Cc1ccc(N2CCC(N)CC2)cc1C(F)(F)F. The van der Waals surface area contributed by atoms with Crippen LogP contribution in [-0.2, 0) is 6.18 Å². The average molecular weight is 269 g/mol. The van der Waals surface area contributed by atoms with Crippen molar-refractivity contribution in [1.82, 2.24) is 0 Å². The number of anilines is 1. The van der Waals surface area contributed by atoms with E-state index in [1.54, 1.807) is 12.1 Å². The fraction of sp³-hybridized carbons (Fsp3) is 0.462. The molecule has 19 heavy (non-hydrogen) atoms. The highest BCUT2D eigenvalue weighted by atomic mass is 19.4. The summed E-state index contributed by atoms with van der Waals surface area (Å²) in [6, 6.07) is 5.54. The zero-order valence-electron chi connectivity index (χ0n) is 10.2. The molecule has 0 bridgehead atoms. The first-order chi connectivity index (χ1) is 8.91. The van der Waals surface area contributed by atoms with Crippen molar-refractivity contribution >= 4 is 5.69 Å². The quantitative estimate of drug-likeness (QED) is 0.852. The van der Waals surface area contributed by atoms with Crippen LogP contribution in [0, 0.1) is 11.3 Å². The molecule has 1 aromatic rings. The Hall–Kier alpha value is -1.74. The molecule has 0 atom stereocenters. The molecule has 0 aromatic heterocycles. The minimum atomic E-state index is -4.51. The number of rotatable bonds is 1. The van der Waals surface area contributed by atoms with E-state index < -0.39 is 11.7 Å². The molecule has 102 valence electrons. The van der Waals surface area contributed by atoms with E-state index in [0.717, 1.165) is 18.9 Å². The van der Waals surface area contributed by atoms with Crippen LogP contribution in [0.3, 0.4) is 0 Å². The Morgan fingerprint density at radius 2 is 1.89 bits per heavy atom. The van der Waals surface area contributed by atoms with Gasteiger partial charge < -0.3 is 10.6 Å². The fourth-order valence-corrected chi connectivity index (χ4v) is 2.22. The van der Waals surface area contributed by atoms with Gasteiger partial charge in [-0.15, -0.1) is 0 Å². The highest BCUT2D eigenvalue weighted by Gasteiger charge is 2.34. The van der Waals surface area contributed by atoms with E-state index in [9.17, 15) is 13.2 Å². The highest BCUT2D eigenvalue weighted by Crippen LogP contribution is 2.34. The third-order valence-electron chi connectivity index (χ3n) is 3.33. The Labute approximate surface area is 109 Å². The summed E-state index contributed by atoms with van der Waals surface area (Å²) in [5, 5.41) is 8.74. The van der Waals surface area contributed by atoms with E-state index in [-0.39, 0.29) is 11.6 Å². The number of hydrogen-bond donors (Lipinski definition) is 1. The molecule has 6 heteroatoms. The Bertz CT molecular complexity index is 497. The lowest BCUT2D eigenvalue weighted by Gasteiger charge is -2.32. The molecular formula is C13H14F3N3. The number of hydrogen-bond acceptors (Lipinski definition) is 3. The van der Waals surface area contributed by atoms with E-state index in [4.69, 9.17) is 11.0 Å². The normalized spacial score (nSPS) is 17.3. The number of nitrogens with zero attached hydrogens (tertiary/aromatic N) is 2. The van der Waals surface area contributed by atoms with Gasteiger partial charge in [-0.3, -0.25) is 0 Å². The van der Waals surface area contributed by atoms with Crippen LogP contribution in [0.5, 0.6) is 0 Å². The van der Waals surface area contributed by atoms with Gasteiger partial charge in [-0.2, -0.15) is 18.4 Å². The third kappa shape index (κ3) is 2.99. The summed E-state index contributed by atoms with van der Waals surface area (Å²) in [5.74, 6) is 0. The summed E-state index contributed by atoms with van der Waals surface area (Å²) in [6.45, 7) is 1.29. The summed E-state index contributed by atoms with van der Waals surface area (Å²) in [5.41, 5.74) is 5.05. The molecule has 0 radical (unpaired) electrons. The zero-order chi connectivity index (χ0) is 14.0. The van der Waals surface area contributed by atoms with Gasteiger partial charge in [0.15, 0.2) is 0 Å². The molecule has 0 aliphatic carbocycles. The molecule has 0 unspecified atom stereocenters. The van der Waals surface area contributed by atoms with E-state index in [2.05, 4.69) is 0 Å². The number of alkyl halides is 3. The van der Waals surface area contributed by atoms with Crippen LogP contribution in [0.15, 0.2) is 18.2 Å². The minimum Gasteiger partial charge on any atom is -0.371 e. The molecule has 1 heterocycles. The van der Waals surface area contributed by atoms with Crippen molar-refractivity contribution in [2.75, 3.05) is 18.0 Å². The minimum absolute atomic E-state index is 0.122. The first kappa shape index (κ1) is 13.7. The smallest absolute Gasteiger partial charge is 0.371 e. The number of piperidine rings is 1. The van der Waals surface area contributed by atoms with Gasteiger partial charge in [0.25, 0.3) is 0 Å². The van der Waals surface area contributed by atoms with Gasteiger partial charge in [0.1, 0.15) is 0 Å². The Morgan fingerprint density at radius 3 is 2.42 bits per heavy atom. The second kappa shape index (κ2) is 5.10. The highest BCUT2D eigenvalue weighted by molar-refractivity contribution is 5.55. The van der Waals surface area contributed by atoms with E-state index in [0.29, 0.717) is 18.8 Å². The van der Waals surface area contributed by atoms with Gasteiger partial charge in [-0.1, -0.05) is 0 Å². The van der Waals surface area contributed by atoms with Crippen molar-refractivity contribution in [3.8, 4) is 6.07 Å². The summed E-state index contributed by atoms with van der Waals surface area (Å²) in [7, 11) is 0. The first-order valence-electron chi connectivity index (χ1n) is 6.03. The fourth-order valence-electron chi connectivity index (χ4n) is 2.22. The van der Waals surface area contributed by atoms with Crippen LogP contribution in [0.4, 0.5) is 18.9 Å². The average Bonchev–Trinajstić information content (AvgIpc) is 2.38. The van der Waals surface area contributed by atoms with Gasteiger partial charge in [-0.05, 0) is 31.0 Å². The molecule has 0 amide bonds. The molecule has 1 aromatic carbocycles. The second-order valence-electron chi connectivity index (χ2n) is 4.66. The Kier molecular flexibility index (Phi) is 3.67. The van der Waals surface area contributed by atoms with Gasteiger partial charge in [0.2, 0.25) is 0 Å². The lowest BCUT2D eigenvalue weighted by Crippen LogP contribution is -2.39. The molecular weight excluding hydrogens is 255 g/mol. The molecule has 1 fully saturated rings. The van der Waals surface area contributed by atoms with Crippen molar-refractivity contribution in [3.05, 3.63) is 29.3 Å². The van der Waals surface area contributed by atoms with Gasteiger partial charge in [0, 0.05) is 24.8 Å². The largest absolute Gasteiger partial charge is 0.417 e. The molecule has 3 nitrogen and oxygen atoms in total. The molecule has 1 aliphatic heterocycles. The molecule has 0 spiro atoms. The third-order valence-corrected chi connectivity index (χ3v) is 3.33. The predicted octanol–water partition coefficient (Wildman–Crippen LogP) is 2.50. The van der Waals surface area contributed by atoms with Gasteiger partial charge in [0.05, 0.1) is 17.2 Å². The zero-order valence-corrected chi connectivity index (χ0v) is 10.2. The molecule has 2 rings (SSSR count). The van der Waals surface area contributed by atoms with E-state index >= 15 is 0 Å². The lowest BCUT2D eigenvalue weighted by molar-refractivity contribution is -0.137. The maximum absolute atomic E-state index is 12.9. The van der Waals surface area contributed by atoms with E-state index in [1.807, 2.05) is 4.90 Å². The van der Waals surface area contributed by atoms with Crippen LogP contribution < -0.4 is 10.6 Å². The predicted molar refractivity (Wildman–Crippen MR) is 65.6 cm³/mol. The van der Waals surface area contributed by atoms with Crippen LogP contribution in [0.1, 0.15) is 24.0 Å². The first-order valence-corrected chi connectivity index (χ1v) is 6.03. The standard InChI is InChI=1S/C13H14F3N3/c14-13(15,16)12-7-11(2-1-9(12)8-17)19-5-3-10(18)4-6-19/h1-2,7,10H,3-6,18H2. The maximum atomic E-state index is 12.9. The number of halogens is 3. The van der Waals surface area contributed by atoms with Crippen molar-refractivity contribution in [3.63, 3.8) is 0 Å². The van der Waals surface area contributed by atoms with Crippen molar-refractivity contribution < 1.29 is 13.2 Å². The summed E-state index contributed by atoms with van der Waals surface area (Å²) in [4.78, 5) is 1.87. The van der Waals surface area contributed by atoms with Crippen molar-refractivity contribution in [2.45, 2.75) is 25.1 Å². The maximum Gasteiger partial charge on any atom is 0.417 e. The number of benzene rings is 1. The van der Waals surface area contributed by atoms with Crippen LogP contribution in [0.2, 0.25) is 0 Å². The van der Waals surface area contributed by atoms with Crippen LogP contribution >= 0.6 is 0 Å². The molecule has 2 N–H and O–H groups in total. The summed E-state index contributed by atoms with van der Waals surface area (Å²) in [6.07, 6.45) is -2.98. The number of nitrogens with two attached hydrogens (primary N) is 1.